The summed E-state index contributed by atoms with van der Waals surface area (Å²) in [4.78, 5) is 24.1. The number of anilines is 1. The highest BCUT2D eigenvalue weighted by molar-refractivity contribution is 7.80. The maximum Gasteiger partial charge on any atom is 0.340 e. The lowest BCUT2D eigenvalue weighted by Gasteiger charge is -2.08. The third kappa shape index (κ3) is 4.98. The molecule has 0 bridgehead atoms. The molecule has 0 fully saturated rings. The quantitative estimate of drug-likeness (QED) is 0.406. The summed E-state index contributed by atoms with van der Waals surface area (Å²) in [7, 11) is 1.15. The Balaban J connectivity index is 2.21. The topological polar surface area (TPSA) is 105 Å². The number of hydrogen-bond acceptors (Lipinski definition) is 4. The Kier molecular flexibility index (Phi) is 6.59. The zero-order valence-electron chi connectivity index (χ0n) is 13.6. The zero-order valence-corrected chi connectivity index (χ0v) is 14.4. The first-order valence-electron chi connectivity index (χ1n) is 7.24. The average molecular weight is 378 g/mol. The molecule has 0 spiro atoms. The maximum atomic E-state index is 13.9. The first-order valence-corrected chi connectivity index (χ1v) is 8.35. The Hall–Kier alpha value is -3.04. The molecular formula is C17H15FN2O5S. The number of nitrogens with one attached hydrogen (secondary N) is 2. The average Bonchev–Trinajstić information content (AvgIpc) is 2.62. The van der Waals surface area contributed by atoms with Crippen molar-refractivity contribution in [2.75, 3.05) is 11.8 Å². The van der Waals surface area contributed by atoms with Crippen LogP contribution in [0.3, 0.4) is 0 Å². The van der Waals surface area contributed by atoms with Crippen LogP contribution in [-0.4, -0.2) is 27.7 Å². The maximum absolute atomic E-state index is 13.9. The predicted molar refractivity (Wildman–Crippen MR) is 94.7 cm³/mol. The van der Waals surface area contributed by atoms with Crippen molar-refractivity contribution >= 4 is 34.4 Å². The number of methoxy groups -OCH3 is 1. The minimum Gasteiger partial charge on any atom is -0.465 e. The lowest BCUT2D eigenvalue weighted by Crippen LogP contribution is -2.19. The van der Waals surface area contributed by atoms with Gasteiger partial charge >= 0.3 is 5.97 Å². The third-order valence-corrected chi connectivity index (χ3v) is 3.68. The molecule has 0 saturated carbocycles. The van der Waals surface area contributed by atoms with Crippen LogP contribution in [0.4, 0.5) is 10.1 Å². The molecule has 2 aromatic rings. The number of rotatable bonds is 6. The van der Waals surface area contributed by atoms with Crippen molar-refractivity contribution in [2.45, 2.75) is 0 Å². The molecule has 1 amide bonds. The number of carbonyl (C=O) groups is 2. The van der Waals surface area contributed by atoms with Gasteiger partial charge in [-0.25, -0.2) is 13.4 Å². The highest BCUT2D eigenvalue weighted by atomic mass is 32.2. The number of amides is 1. The van der Waals surface area contributed by atoms with E-state index in [1.165, 1.54) is 42.5 Å². The van der Waals surface area contributed by atoms with Gasteiger partial charge in [-0.3, -0.25) is 14.1 Å². The fourth-order valence-corrected chi connectivity index (χ4v) is 2.39. The van der Waals surface area contributed by atoms with E-state index >= 15 is 0 Å². The predicted octanol–water partition coefficient (Wildman–Crippen LogP) is 2.32. The van der Waals surface area contributed by atoms with E-state index in [-0.39, 0.29) is 16.7 Å². The standard InChI is InChI=1S/C17H15FN2O5S/c1-25-17(22)14(13-4-2-3-5-15(13)18)10-19-16(21)11-6-8-12(9-7-11)20-26(23)24/h2-10,20H,1H3,(H,19,21)(H,23,24)/b14-10-. The van der Waals surface area contributed by atoms with Gasteiger partial charge in [0, 0.05) is 23.0 Å². The van der Waals surface area contributed by atoms with Gasteiger partial charge in [-0.2, -0.15) is 0 Å². The molecule has 1 atom stereocenters. The van der Waals surface area contributed by atoms with Crippen LogP contribution in [0.2, 0.25) is 0 Å². The van der Waals surface area contributed by atoms with Gasteiger partial charge in [-0.15, -0.1) is 0 Å². The molecule has 26 heavy (non-hydrogen) atoms. The third-order valence-electron chi connectivity index (χ3n) is 3.27. The summed E-state index contributed by atoms with van der Waals surface area (Å²) in [6.07, 6.45) is 1.07. The first-order chi connectivity index (χ1) is 12.4. The minimum atomic E-state index is -2.22. The van der Waals surface area contributed by atoms with Crippen LogP contribution < -0.4 is 10.0 Å². The molecule has 2 aromatic carbocycles. The van der Waals surface area contributed by atoms with E-state index in [0.29, 0.717) is 5.69 Å². The summed E-state index contributed by atoms with van der Waals surface area (Å²) in [5.74, 6) is -1.99. The molecule has 0 aromatic heterocycles. The second-order valence-corrected chi connectivity index (χ2v) is 5.63. The fraction of sp³-hybridized carbons (Fsp3) is 0.0588. The lowest BCUT2D eigenvalue weighted by atomic mass is 10.1. The van der Waals surface area contributed by atoms with E-state index in [0.717, 1.165) is 13.3 Å². The van der Waals surface area contributed by atoms with Gasteiger partial charge in [0.15, 0.2) is 0 Å². The van der Waals surface area contributed by atoms with Crippen LogP contribution >= 0.6 is 0 Å². The molecule has 7 nitrogen and oxygen atoms in total. The molecule has 0 heterocycles. The SMILES string of the molecule is COC(=O)/C(=C\NC(=O)c1ccc(NS(=O)O)cc1)c1ccccc1F. The summed E-state index contributed by atoms with van der Waals surface area (Å²) >= 11 is -2.22. The largest absolute Gasteiger partial charge is 0.465 e. The highest BCUT2D eigenvalue weighted by Crippen LogP contribution is 2.19. The summed E-state index contributed by atoms with van der Waals surface area (Å²) in [5, 5.41) is 2.40. The number of benzene rings is 2. The van der Waals surface area contributed by atoms with Crippen molar-refractivity contribution in [3.63, 3.8) is 0 Å². The van der Waals surface area contributed by atoms with Crippen LogP contribution in [0.1, 0.15) is 15.9 Å². The van der Waals surface area contributed by atoms with Crippen molar-refractivity contribution < 1.29 is 27.5 Å². The Bertz CT molecular complexity index is 868. The number of halogens is 1. The van der Waals surface area contributed by atoms with Crippen molar-refractivity contribution in [3.8, 4) is 0 Å². The van der Waals surface area contributed by atoms with Crippen molar-refractivity contribution in [3.05, 3.63) is 71.7 Å². The molecule has 0 aliphatic heterocycles. The van der Waals surface area contributed by atoms with E-state index in [1.807, 2.05) is 0 Å². The van der Waals surface area contributed by atoms with Gasteiger partial charge in [0.2, 0.25) is 0 Å². The summed E-state index contributed by atoms with van der Waals surface area (Å²) in [6.45, 7) is 0. The molecule has 3 N–H and O–H groups in total. The highest BCUT2D eigenvalue weighted by Gasteiger charge is 2.17. The molecule has 0 radical (unpaired) electrons. The van der Waals surface area contributed by atoms with E-state index in [1.54, 1.807) is 6.07 Å². The smallest absolute Gasteiger partial charge is 0.340 e. The first kappa shape index (κ1) is 19.3. The Labute approximate surface area is 151 Å². The van der Waals surface area contributed by atoms with E-state index in [4.69, 9.17) is 4.55 Å². The van der Waals surface area contributed by atoms with E-state index in [9.17, 15) is 18.2 Å². The van der Waals surface area contributed by atoms with E-state index in [2.05, 4.69) is 14.8 Å². The van der Waals surface area contributed by atoms with Crippen LogP contribution in [0.15, 0.2) is 54.7 Å². The molecule has 0 aliphatic rings. The Morgan fingerprint density at radius 2 is 1.81 bits per heavy atom. The fourth-order valence-electron chi connectivity index (χ4n) is 2.05. The van der Waals surface area contributed by atoms with Crippen LogP contribution in [0.25, 0.3) is 5.57 Å². The molecule has 2 rings (SSSR count). The van der Waals surface area contributed by atoms with Gasteiger partial charge < -0.3 is 10.1 Å². The van der Waals surface area contributed by atoms with Crippen LogP contribution in [0.5, 0.6) is 0 Å². The van der Waals surface area contributed by atoms with Crippen LogP contribution in [-0.2, 0) is 20.8 Å². The van der Waals surface area contributed by atoms with Gasteiger partial charge in [0.05, 0.1) is 12.7 Å². The van der Waals surface area contributed by atoms with Crippen LogP contribution in [0, 0.1) is 5.82 Å². The summed E-state index contributed by atoms with van der Waals surface area (Å²) in [6, 6.07) is 11.3. The summed E-state index contributed by atoms with van der Waals surface area (Å²) < 4.78 is 40.2. The second-order valence-electron chi connectivity index (χ2n) is 4.93. The van der Waals surface area contributed by atoms with Crippen molar-refractivity contribution in [1.29, 1.82) is 0 Å². The summed E-state index contributed by atoms with van der Waals surface area (Å²) in [5.41, 5.74) is 0.422. The number of ether oxygens (including phenoxy) is 1. The lowest BCUT2D eigenvalue weighted by molar-refractivity contribution is -0.133. The Morgan fingerprint density at radius 1 is 1.15 bits per heavy atom. The van der Waals surface area contributed by atoms with E-state index < -0.39 is 29.0 Å². The molecule has 0 saturated heterocycles. The van der Waals surface area contributed by atoms with Gasteiger partial charge in [-0.1, -0.05) is 18.2 Å². The van der Waals surface area contributed by atoms with Crippen molar-refractivity contribution in [2.24, 2.45) is 0 Å². The molecular weight excluding hydrogens is 363 g/mol. The monoisotopic (exact) mass is 378 g/mol. The van der Waals surface area contributed by atoms with Crippen molar-refractivity contribution in [1.82, 2.24) is 5.32 Å². The van der Waals surface area contributed by atoms with Gasteiger partial charge in [-0.05, 0) is 30.3 Å². The molecule has 136 valence electrons. The van der Waals surface area contributed by atoms with Gasteiger partial charge in [0.1, 0.15) is 5.82 Å². The zero-order chi connectivity index (χ0) is 19.1. The molecule has 1 unspecified atom stereocenters. The minimum absolute atomic E-state index is 0.00961. The number of carbonyl (C=O) groups excluding carboxylic acids is 2. The molecule has 0 aliphatic carbocycles. The normalized spacial score (nSPS) is 12.2. The number of esters is 1. The Morgan fingerprint density at radius 3 is 2.38 bits per heavy atom. The number of hydrogen-bond donors (Lipinski definition) is 3. The molecule has 9 heteroatoms. The second kappa shape index (κ2) is 8.88. The van der Waals surface area contributed by atoms with Gasteiger partial charge in [0.25, 0.3) is 17.2 Å².